The van der Waals surface area contributed by atoms with Crippen LogP contribution in [-0.2, 0) is 16.0 Å². The second-order valence-corrected chi connectivity index (χ2v) is 4.95. The van der Waals surface area contributed by atoms with Gasteiger partial charge >= 0.3 is 5.97 Å². The summed E-state index contributed by atoms with van der Waals surface area (Å²) in [6.45, 7) is 1.37. The average molecular weight is 278 g/mol. The molecular formula is C18H14O3. The lowest BCUT2D eigenvalue weighted by Gasteiger charge is -2.16. The van der Waals surface area contributed by atoms with Crippen LogP contribution in [0, 0.1) is 0 Å². The van der Waals surface area contributed by atoms with Gasteiger partial charge in [0.1, 0.15) is 5.76 Å². The molecule has 1 aliphatic carbocycles. The van der Waals surface area contributed by atoms with Crippen LogP contribution in [0.3, 0.4) is 0 Å². The van der Waals surface area contributed by atoms with Crippen molar-refractivity contribution in [1.29, 1.82) is 0 Å². The molecule has 2 aromatic carbocycles. The predicted molar refractivity (Wildman–Crippen MR) is 80.6 cm³/mol. The van der Waals surface area contributed by atoms with Gasteiger partial charge in [0.05, 0.1) is 0 Å². The normalized spacial score (nSPS) is 15.9. The molecule has 0 spiro atoms. The second-order valence-electron chi connectivity index (χ2n) is 4.95. The van der Waals surface area contributed by atoms with Crippen LogP contribution in [-0.4, -0.2) is 11.8 Å². The molecule has 0 saturated carbocycles. The lowest BCUT2D eigenvalue weighted by atomic mass is 9.91. The smallest absolute Gasteiger partial charge is 0.308 e. The third-order valence-corrected chi connectivity index (χ3v) is 3.44. The molecule has 0 unspecified atom stereocenters. The van der Waals surface area contributed by atoms with Crippen LogP contribution < -0.4 is 0 Å². The predicted octanol–water partition coefficient (Wildman–Crippen LogP) is 3.49. The number of fused-ring (bicyclic) bond motifs is 2. The highest BCUT2D eigenvalue weighted by Gasteiger charge is 2.19. The third kappa shape index (κ3) is 2.63. The minimum absolute atomic E-state index is 0.0659. The van der Waals surface area contributed by atoms with Gasteiger partial charge in [0.25, 0.3) is 0 Å². The summed E-state index contributed by atoms with van der Waals surface area (Å²) in [6.07, 6.45) is 2.05. The summed E-state index contributed by atoms with van der Waals surface area (Å²) < 4.78 is 5.36. The van der Waals surface area contributed by atoms with E-state index in [0.29, 0.717) is 17.7 Å². The highest BCUT2D eigenvalue weighted by atomic mass is 16.5. The maximum atomic E-state index is 12.4. The highest BCUT2D eigenvalue weighted by Crippen LogP contribution is 2.28. The maximum absolute atomic E-state index is 12.4. The van der Waals surface area contributed by atoms with Crippen molar-refractivity contribution in [3.63, 3.8) is 0 Å². The second kappa shape index (κ2) is 5.37. The van der Waals surface area contributed by atoms with Crippen molar-refractivity contribution in [2.24, 2.45) is 0 Å². The van der Waals surface area contributed by atoms with E-state index in [1.165, 1.54) is 6.92 Å². The van der Waals surface area contributed by atoms with Gasteiger partial charge in [-0.15, -0.1) is 0 Å². The molecule has 3 rings (SSSR count). The fraction of sp³-hybridized carbons (Fsp3) is 0.111. The summed E-state index contributed by atoms with van der Waals surface area (Å²) in [5.74, 6) is 0.176. The zero-order valence-corrected chi connectivity index (χ0v) is 11.6. The Balaban J connectivity index is 2.24. The molecule has 2 aromatic rings. The first kappa shape index (κ1) is 13.3. The molecule has 0 heterocycles. The molecule has 0 bridgehead atoms. The zero-order chi connectivity index (χ0) is 14.8. The van der Waals surface area contributed by atoms with Gasteiger partial charge in [-0.05, 0) is 17.2 Å². The summed E-state index contributed by atoms with van der Waals surface area (Å²) >= 11 is 0. The first-order valence-corrected chi connectivity index (χ1v) is 6.76. The van der Waals surface area contributed by atoms with E-state index in [0.717, 1.165) is 16.7 Å². The van der Waals surface area contributed by atoms with Crippen molar-refractivity contribution >= 4 is 23.6 Å². The summed E-state index contributed by atoms with van der Waals surface area (Å²) in [6, 6.07) is 14.9. The number of esters is 1. The van der Waals surface area contributed by atoms with Gasteiger partial charge in [-0.1, -0.05) is 48.5 Å². The third-order valence-electron chi connectivity index (χ3n) is 3.44. The first-order valence-electron chi connectivity index (χ1n) is 6.76. The van der Waals surface area contributed by atoms with Gasteiger partial charge in [-0.2, -0.15) is 0 Å². The number of ketones is 1. The van der Waals surface area contributed by atoms with Gasteiger partial charge in [0.2, 0.25) is 0 Å². The number of benzene rings is 2. The van der Waals surface area contributed by atoms with Gasteiger partial charge in [0.15, 0.2) is 5.78 Å². The van der Waals surface area contributed by atoms with Crippen molar-refractivity contribution in [2.45, 2.75) is 13.3 Å². The average Bonchev–Trinajstić information content (AvgIpc) is 2.46. The summed E-state index contributed by atoms with van der Waals surface area (Å²) in [4.78, 5) is 23.8. The standard InChI is InChI=1S/C18H14O3/c1-12(19)21-18-11-14-7-2-4-8-15(14)17(20)10-13-6-3-5-9-16(13)18/h2-9,11H,10H2,1H3/b18-11+. The molecule has 0 fully saturated rings. The van der Waals surface area contributed by atoms with Gasteiger partial charge < -0.3 is 4.74 Å². The van der Waals surface area contributed by atoms with E-state index in [2.05, 4.69) is 0 Å². The largest absolute Gasteiger partial charge is 0.426 e. The van der Waals surface area contributed by atoms with E-state index in [1.54, 1.807) is 12.1 Å². The summed E-state index contributed by atoms with van der Waals surface area (Å²) in [5, 5.41) is 0. The lowest BCUT2D eigenvalue weighted by molar-refractivity contribution is -0.134. The van der Waals surface area contributed by atoms with Crippen molar-refractivity contribution in [3.8, 4) is 0 Å². The fourth-order valence-electron chi connectivity index (χ4n) is 2.52. The molecular weight excluding hydrogens is 264 g/mol. The van der Waals surface area contributed by atoms with E-state index in [4.69, 9.17) is 4.74 Å². The van der Waals surface area contributed by atoms with E-state index in [1.807, 2.05) is 42.5 Å². The minimum atomic E-state index is -0.375. The molecule has 0 amide bonds. The molecule has 0 radical (unpaired) electrons. The Hall–Kier alpha value is -2.68. The molecule has 1 aliphatic rings. The van der Waals surface area contributed by atoms with Crippen LogP contribution in [0.15, 0.2) is 48.5 Å². The Morgan fingerprint density at radius 2 is 1.67 bits per heavy atom. The minimum Gasteiger partial charge on any atom is -0.426 e. The molecule has 0 aliphatic heterocycles. The van der Waals surface area contributed by atoms with Crippen LogP contribution in [0.2, 0.25) is 0 Å². The van der Waals surface area contributed by atoms with E-state index in [-0.39, 0.29) is 11.8 Å². The number of Topliss-reactive ketones (excluding diaryl/α,β-unsaturated/α-hetero) is 1. The molecule has 0 saturated heterocycles. The van der Waals surface area contributed by atoms with Gasteiger partial charge in [-0.3, -0.25) is 9.59 Å². The van der Waals surface area contributed by atoms with E-state index < -0.39 is 0 Å². The van der Waals surface area contributed by atoms with Crippen LogP contribution >= 0.6 is 0 Å². The first-order chi connectivity index (χ1) is 10.1. The number of hydrogen-bond acceptors (Lipinski definition) is 3. The molecule has 21 heavy (non-hydrogen) atoms. The van der Waals surface area contributed by atoms with E-state index in [9.17, 15) is 9.59 Å². The van der Waals surface area contributed by atoms with Crippen molar-refractivity contribution in [1.82, 2.24) is 0 Å². The zero-order valence-electron chi connectivity index (χ0n) is 11.6. The van der Waals surface area contributed by atoms with E-state index >= 15 is 0 Å². The quantitative estimate of drug-likeness (QED) is 0.750. The molecule has 0 N–H and O–H groups in total. The van der Waals surface area contributed by atoms with Gasteiger partial charge in [0, 0.05) is 24.5 Å². The molecule has 3 heteroatoms. The van der Waals surface area contributed by atoms with Crippen molar-refractivity contribution in [2.75, 3.05) is 0 Å². The monoisotopic (exact) mass is 278 g/mol. The highest BCUT2D eigenvalue weighted by molar-refractivity contribution is 6.04. The fourth-order valence-corrected chi connectivity index (χ4v) is 2.52. The molecule has 3 nitrogen and oxygen atoms in total. The van der Waals surface area contributed by atoms with Crippen LogP contribution in [0.5, 0.6) is 0 Å². The number of carbonyl (C=O) groups is 2. The number of rotatable bonds is 1. The number of carbonyl (C=O) groups excluding carboxylic acids is 2. The Morgan fingerprint density at radius 3 is 2.43 bits per heavy atom. The van der Waals surface area contributed by atoms with Crippen molar-refractivity contribution in [3.05, 3.63) is 70.8 Å². The summed E-state index contributed by atoms with van der Waals surface area (Å²) in [7, 11) is 0. The van der Waals surface area contributed by atoms with Crippen LogP contribution in [0.1, 0.15) is 34.0 Å². The van der Waals surface area contributed by atoms with Crippen molar-refractivity contribution < 1.29 is 14.3 Å². The SMILES string of the molecule is CC(=O)O/C1=C/c2ccccc2C(=O)Cc2ccccc21. The Bertz CT molecular complexity index is 757. The Labute approximate surface area is 122 Å². The topological polar surface area (TPSA) is 43.4 Å². The number of hydrogen-bond donors (Lipinski definition) is 0. The summed E-state index contributed by atoms with van der Waals surface area (Å²) in [5.41, 5.74) is 3.07. The van der Waals surface area contributed by atoms with Crippen LogP contribution in [0.25, 0.3) is 11.8 Å². The molecule has 0 atom stereocenters. The Morgan fingerprint density at radius 1 is 1.00 bits per heavy atom. The van der Waals surface area contributed by atoms with Gasteiger partial charge in [-0.25, -0.2) is 0 Å². The lowest BCUT2D eigenvalue weighted by Crippen LogP contribution is -2.11. The molecule has 0 aromatic heterocycles. The Kier molecular flexibility index (Phi) is 3.40. The van der Waals surface area contributed by atoms with Crippen LogP contribution in [0.4, 0.5) is 0 Å². The number of ether oxygens (including phenoxy) is 1. The molecule has 104 valence electrons. The maximum Gasteiger partial charge on any atom is 0.308 e.